The number of nitrogens with zero attached hydrogens (tertiary/aromatic N) is 1. The third kappa shape index (κ3) is 3.01. The molecule has 1 N–H and O–H groups in total. The SMILES string of the molecule is COC(=O)CNC(=O)c1cc2occc2n1Cc1ccccc1F. The molecule has 24 heavy (non-hydrogen) atoms. The zero-order chi connectivity index (χ0) is 17.1. The summed E-state index contributed by atoms with van der Waals surface area (Å²) in [5.41, 5.74) is 1.89. The van der Waals surface area contributed by atoms with Gasteiger partial charge in [-0.2, -0.15) is 0 Å². The van der Waals surface area contributed by atoms with Crippen LogP contribution in [0.5, 0.6) is 0 Å². The van der Waals surface area contributed by atoms with Gasteiger partial charge in [-0.1, -0.05) is 18.2 Å². The number of amides is 1. The Balaban J connectivity index is 1.93. The number of carbonyl (C=O) groups excluding carboxylic acids is 2. The maximum atomic E-state index is 13.9. The summed E-state index contributed by atoms with van der Waals surface area (Å²) in [5, 5.41) is 2.47. The molecule has 3 aromatic rings. The fraction of sp³-hybridized carbons (Fsp3) is 0.176. The van der Waals surface area contributed by atoms with Crippen LogP contribution in [-0.4, -0.2) is 30.1 Å². The molecule has 0 saturated carbocycles. The minimum Gasteiger partial charge on any atom is -0.468 e. The normalized spacial score (nSPS) is 10.8. The first-order valence-electron chi connectivity index (χ1n) is 7.25. The lowest BCUT2D eigenvalue weighted by molar-refractivity contribution is -0.139. The first kappa shape index (κ1) is 15.8. The molecular weight excluding hydrogens is 315 g/mol. The van der Waals surface area contributed by atoms with Gasteiger partial charge in [0.15, 0.2) is 5.58 Å². The van der Waals surface area contributed by atoms with Gasteiger partial charge in [0.2, 0.25) is 0 Å². The Hall–Kier alpha value is -3.09. The molecule has 6 nitrogen and oxygen atoms in total. The lowest BCUT2D eigenvalue weighted by atomic mass is 10.2. The Morgan fingerprint density at radius 2 is 2.08 bits per heavy atom. The van der Waals surface area contributed by atoms with E-state index in [1.165, 1.54) is 19.4 Å². The lowest BCUT2D eigenvalue weighted by Gasteiger charge is -2.11. The Morgan fingerprint density at radius 3 is 2.83 bits per heavy atom. The van der Waals surface area contributed by atoms with Crippen molar-refractivity contribution < 1.29 is 23.1 Å². The molecule has 2 aromatic heterocycles. The van der Waals surface area contributed by atoms with Crippen molar-refractivity contribution in [3.63, 3.8) is 0 Å². The Bertz CT molecular complexity index is 897. The van der Waals surface area contributed by atoms with E-state index in [0.717, 1.165) is 0 Å². The van der Waals surface area contributed by atoms with Crippen LogP contribution >= 0.6 is 0 Å². The highest BCUT2D eigenvalue weighted by atomic mass is 19.1. The molecule has 0 aliphatic rings. The molecule has 7 heteroatoms. The number of halogens is 1. The summed E-state index contributed by atoms with van der Waals surface area (Å²) in [4.78, 5) is 23.5. The van der Waals surface area contributed by atoms with Gasteiger partial charge in [-0.25, -0.2) is 4.39 Å². The first-order valence-corrected chi connectivity index (χ1v) is 7.25. The van der Waals surface area contributed by atoms with Crippen molar-refractivity contribution >= 4 is 23.0 Å². The van der Waals surface area contributed by atoms with Crippen LogP contribution in [-0.2, 0) is 16.1 Å². The molecule has 1 amide bonds. The van der Waals surface area contributed by atoms with Crippen LogP contribution in [0.1, 0.15) is 16.1 Å². The largest absolute Gasteiger partial charge is 0.468 e. The number of benzene rings is 1. The fourth-order valence-electron chi connectivity index (χ4n) is 2.45. The van der Waals surface area contributed by atoms with E-state index in [1.54, 1.807) is 34.9 Å². The minimum absolute atomic E-state index is 0.163. The van der Waals surface area contributed by atoms with Crippen LogP contribution in [0, 0.1) is 5.82 Å². The second-order valence-corrected chi connectivity index (χ2v) is 5.14. The van der Waals surface area contributed by atoms with Crippen molar-refractivity contribution in [1.82, 2.24) is 9.88 Å². The molecule has 0 spiro atoms. The number of hydrogen-bond donors (Lipinski definition) is 1. The molecule has 0 unspecified atom stereocenters. The number of fused-ring (bicyclic) bond motifs is 1. The molecule has 0 aliphatic heterocycles. The van der Waals surface area contributed by atoms with Crippen molar-refractivity contribution in [2.45, 2.75) is 6.54 Å². The number of nitrogens with one attached hydrogen (secondary N) is 1. The summed E-state index contributed by atoms with van der Waals surface area (Å²) >= 11 is 0. The molecule has 0 fully saturated rings. The standard InChI is InChI=1S/C17H15FN2O4/c1-23-16(21)9-19-17(22)14-8-15-13(6-7-24-15)20(14)10-11-4-2-3-5-12(11)18/h2-8H,9-10H2,1H3,(H,19,22). The van der Waals surface area contributed by atoms with E-state index < -0.39 is 11.9 Å². The highest BCUT2D eigenvalue weighted by Gasteiger charge is 2.19. The predicted octanol–water partition coefficient (Wildman–Crippen LogP) is 2.32. The summed E-state index contributed by atoms with van der Waals surface area (Å²) in [7, 11) is 1.24. The van der Waals surface area contributed by atoms with E-state index in [4.69, 9.17) is 4.42 Å². The van der Waals surface area contributed by atoms with Crippen LogP contribution in [0.15, 0.2) is 47.1 Å². The van der Waals surface area contributed by atoms with Gasteiger partial charge in [0, 0.05) is 17.7 Å². The number of methoxy groups -OCH3 is 1. The highest BCUT2D eigenvalue weighted by Crippen LogP contribution is 2.23. The summed E-state index contributed by atoms with van der Waals surface area (Å²) < 4.78 is 25.4. The number of esters is 1. The molecule has 124 valence electrons. The van der Waals surface area contributed by atoms with E-state index in [1.807, 2.05) is 0 Å². The topological polar surface area (TPSA) is 73.5 Å². The summed E-state index contributed by atoms with van der Waals surface area (Å²) in [5.74, 6) is -1.38. The molecule has 3 rings (SSSR count). The van der Waals surface area contributed by atoms with E-state index in [0.29, 0.717) is 16.7 Å². The molecule has 0 atom stereocenters. The van der Waals surface area contributed by atoms with Crippen LogP contribution in [0.3, 0.4) is 0 Å². The maximum absolute atomic E-state index is 13.9. The van der Waals surface area contributed by atoms with Crippen molar-refractivity contribution in [3.8, 4) is 0 Å². The Morgan fingerprint density at radius 1 is 1.29 bits per heavy atom. The second kappa shape index (κ2) is 6.57. The second-order valence-electron chi connectivity index (χ2n) is 5.14. The van der Waals surface area contributed by atoms with Gasteiger partial charge >= 0.3 is 5.97 Å². The van der Waals surface area contributed by atoms with Crippen molar-refractivity contribution in [2.24, 2.45) is 0 Å². The van der Waals surface area contributed by atoms with Crippen LogP contribution < -0.4 is 5.32 Å². The number of aromatic nitrogens is 1. The van der Waals surface area contributed by atoms with Crippen LogP contribution in [0.4, 0.5) is 4.39 Å². The van der Waals surface area contributed by atoms with Crippen LogP contribution in [0.2, 0.25) is 0 Å². The summed E-state index contributed by atoms with van der Waals surface area (Å²) in [6, 6.07) is 9.60. The van der Waals surface area contributed by atoms with Gasteiger partial charge < -0.3 is 19.0 Å². The molecule has 0 bridgehead atoms. The van der Waals surface area contributed by atoms with Crippen LogP contribution in [0.25, 0.3) is 11.1 Å². The molecule has 0 radical (unpaired) electrons. The van der Waals surface area contributed by atoms with E-state index >= 15 is 0 Å². The maximum Gasteiger partial charge on any atom is 0.325 e. The van der Waals surface area contributed by atoms with Gasteiger partial charge in [0.25, 0.3) is 5.91 Å². The van der Waals surface area contributed by atoms with Crippen molar-refractivity contribution in [2.75, 3.05) is 13.7 Å². The third-order valence-corrected chi connectivity index (χ3v) is 3.66. The average molecular weight is 330 g/mol. The van der Waals surface area contributed by atoms with Crippen molar-refractivity contribution in [3.05, 3.63) is 59.7 Å². The Kier molecular flexibility index (Phi) is 4.33. The average Bonchev–Trinajstić information content (AvgIpc) is 3.16. The Labute approximate surface area is 136 Å². The molecule has 0 saturated heterocycles. The van der Waals surface area contributed by atoms with Gasteiger partial charge in [0.05, 0.1) is 25.4 Å². The first-order chi connectivity index (χ1) is 11.6. The minimum atomic E-state index is -0.556. The van der Waals surface area contributed by atoms with E-state index in [-0.39, 0.29) is 24.6 Å². The summed E-state index contributed by atoms with van der Waals surface area (Å²) in [6.45, 7) is -0.0851. The molecule has 0 aliphatic carbocycles. The van der Waals surface area contributed by atoms with Crippen molar-refractivity contribution in [1.29, 1.82) is 0 Å². The molecular formula is C17H15FN2O4. The van der Waals surface area contributed by atoms with Gasteiger partial charge in [0.1, 0.15) is 18.1 Å². The number of hydrogen-bond acceptors (Lipinski definition) is 4. The zero-order valence-corrected chi connectivity index (χ0v) is 12.9. The number of rotatable bonds is 5. The van der Waals surface area contributed by atoms with Gasteiger partial charge in [-0.15, -0.1) is 0 Å². The fourth-order valence-corrected chi connectivity index (χ4v) is 2.45. The number of ether oxygens (including phenoxy) is 1. The number of carbonyl (C=O) groups is 2. The van der Waals surface area contributed by atoms with Gasteiger partial charge in [-0.05, 0) is 6.07 Å². The number of furan rings is 1. The quantitative estimate of drug-likeness (QED) is 0.729. The zero-order valence-electron chi connectivity index (χ0n) is 12.9. The summed E-state index contributed by atoms with van der Waals surface area (Å²) in [6.07, 6.45) is 1.50. The monoisotopic (exact) mass is 330 g/mol. The predicted molar refractivity (Wildman–Crippen MR) is 84.1 cm³/mol. The lowest BCUT2D eigenvalue weighted by Crippen LogP contribution is -2.31. The molecule has 2 heterocycles. The highest BCUT2D eigenvalue weighted by molar-refractivity contribution is 5.98. The smallest absolute Gasteiger partial charge is 0.325 e. The third-order valence-electron chi connectivity index (χ3n) is 3.66. The van der Waals surface area contributed by atoms with E-state index in [2.05, 4.69) is 10.1 Å². The van der Waals surface area contributed by atoms with Gasteiger partial charge in [-0.3, -0.25) is 9.59 Å². The molecule has 1 aromatic carbocycles. The van der Waals surface area contributed by atoms with E-state index in [9.17, 15) is 14.0 Å².